The molecule has 1 nitrogen and oxygen atoms in total. The van der Waals surface area contributed by atoms with Crippen LogP contribution in [0.25, 0.3) is 103 Å². The van der Waals surface area contributed by atoms with E-state index in [1.54, 1.807) is 0 Å². The molecule has 0 amide bonds. The lowest BCUT2D eigenvalue weighted by molar-refractivity contribution is 1.18. The maximum Gasteiger partial charge on any atom is 0.0547 e. The van der Waals surface area contributed by atoms with Crippen molar-refractivity contribution in [3.05, 3.63) is 152 Å². The van der Waals surface area contributed by atoms with E-state index in [9.17, 15) is 0 Å². The summed E-state index contributed by atoms with van der Waals surface area (Å²) in [5.74, 6) is 0. The Balaban J connectivity index is 1.10. The summed E-state index contributed by atoms with van der Waals surface area (Å²) in [4.78, 5) is 0. The Hall–Kier alpha value is -5.70. The quantitative estimate of drug-likeness (QED) is 0.186. The molecule has 10 aromatic rings. The van der Waals surface area contributed by atoms with Crippen LogP contribution >= 0.6 is 11.3 Å². The first-order valence-electron chi connectivity index (χ1n) is 15.8. The molecule has 11 rings (SSSR count). The molecule has 0 atom stereocenters. The number of nitrogens with zero attached hydrogens (tertiary/aromatic N) is 1. The van der Waals surface area contributed by atoms with Crippen molar-refractivity contribution in [3.8, 4) is 39.1 Å². The summed E-state index contributed by atoms with van der Waals surface area (Å²) < 4.78 is 5.13. The number of fused-ring (bicyclic) bond motifs is 10. The molecule has 8 aromatic carbocycles. The summed E-state index contributed by atoms with van der Waals surface area (Å²) in [5.41, 5.74) is 11.5. The van der Waals surface area contributed by atoms with Crippen LogP contribution in [0.15, 0.2) is 152 Å². The first-order valence-corrected chi connectivity index (χ1v) is 16.7. The second-order valence-corrected chi connectivity index (χ2v) is 13.6. The highest BCUT2D eigenvalue weighted by molar-refractivity contribution is 7.25. The molecule has 0 saturated heterocycles. The second-order valence-electron chi connectivity index (χ2n) is 12.5. The smallest absolute Gasteiger partial charge is 0.0547 e. The van der Waals surface area contributed by atoms with Crippen molar-refractivity contribution in [2.24, 2.45) is 0 Å². The van der Waals surface area contributed by atoms with Gasteiger partial charge in [-0.25, -0.2) is 0 Å². The Labute approximate surface area is 269 Å². The van der Waals surface area contributed by atoms with E-state index < -0.39 is 0 Å². The fourth-order valence-corrected chi connectivity index (χ4v) is 9.20. The molecule has 0 unspecified atom stereocenters. The molecule has 212 valence electrons. The zero-order chi connectivity index (χ0) is 29.9. The van der Waals surface area contributed by atoms with Gasteiger partial charge in [-0.05, 0) is 103 Å². The van der Waals surface area contributed by atoms with E-state index in [1.165, 1.54) is 103 Å². The number of rotatable bonds is 2. The summed E-state index contributed by atoms with van der Waals surface area (Å²) in [6.07, 6.45) is 0. The van der Waals surface area contributed by atoms with Crippen molar-refractivity contribution in [3.63, 3.8) is 0 Å². The van der Waals surface area contributed by atoms with Gasteiger partial charge in [-0.2, -0.15) is 0 Å². The minimum Gasteiger partial charge on any atom is -0.309 e. The standard InChI is InChI=1S/C44H25NS/c1-2-9-32-31(8-1)36-13-7-12-35-30(20-21-37(32)44(35)36)26-16-18-29(19-17-26)45-40-14-5-3-10-33(40)38-22-28-25-43-39(23-27(28)24-41(38)45)34-11-4-6-15-42(34)46-43/h1-25H. The predicted molar refractivity (Wildman–Crippen MR) is 199 cm³/mol. The van der Waals surface area contributed by atoms with Gasteiger partial charge in [0.2, 0.25) is 0 Å². The number of para-hydroxylation sites is 1. The fraction of sp³-hybridized carbons (Fsp3) is 0. The third-order valence-electron chi connectivity index (χ3n) is 10.1. The van der Waals surface area contributed by atoms with Crippen LogP contribution in [0.1, 0.15) is 0 Å². The Kier molecular flexibility index (Phi) is 4.78. The van der Waals surface area contributed by atoms with Gasteiger partial charge >= 0.3 is 0 Å². The second kappa shape index (κ2) is 8.94. The first kappa shape index (κ1) is 24.6. The zero-order valence-corrected chi connectivity index (χ0v) is 25.6. The topological polar surface area (TPSA) is 4.93 Å². The summed E-state index contributed by atoms with van der Waals surface area (Å²) >= 11 is 1.88. The van der Waals surface area contributed by atoms with Crippen molar-refractivity contribution in [1.29, 1.82) is 0 Å². The van der Waals surface area contributed by atoms with Crippen molar-refractivity contribution < 1.29 is 0 Å². The Bertz CT molecular complexity index is 2870. The zero-order valence-electron chi connectivity index (χ0n) is 24.8. The van der Waals surface area contributed by atoms with Gasteiger partial charge in [0.05, 0.1) is 11.0 Å². The van der Waals surface area contributed by atoms with Crippen LogP contribution in [0.5, 0.6) is 0 Å². The maximum absolute atomic E-state index is 2.44. The normalized spacial score (nSPS) is 12.3. The Morgan fingerprint density at radius 2 is 1.02 bits per heavy atom. The molecule has 0 bridgehead atoms. The fourth-order valence-electron chi connectivity index (χ4n) is 8.06. The van der Waals surface area contributed by atoms with Gasteiger partial charge in [0.25, 0.3) is 0 Å². The van der Waals surface area contributed by atoms with Crippen LogP contribution in [0, 0.1) is 0 Å². The van der Waals surface area contributed by atoms with Gasteiger partial charge < -0.3 is 4.57 Å². The largest absolute Gasteiger partial charge is 0.309 e. The highest BCUT2D eigenvalue weighted by atomic mass is 32.1. The summed E-state index contributed by atoms with van der Waals surface area (Å²) in [5, 5.41) is 10.5. The highest BCUT2D eigenvalue weighted by Gasteiger charge is 2.22. The van der Waals surface area contributed by atoms with Crippen LogP contribution in [-0.4, -0.2) is 4.57 Å². The molecule has 2 heterocycles. The molecule has 0 N–H and O–H groups in total. The number of hydrogen-bond donors (Lipinski definition) is 0. The Morgan fingerprint density at radius 3 is 1.89 bits per heavy atom. The third-order valence-corrected chi connectivity index (χ3v) is 11.2. The monoisotopic (exact) mass is 599 g/mol. The maximum atomic E-state index is 2.44. The van der Waals surface area contributed by atoms with Crippen LogP contribution in [0.4, 0.5) is 0 Å². The summed E-state index contributed by atoms with van der Waals surface area (Å²) in [7, 11) is 0. The Morgan fingerprint density at radius 1 is 0.370 bits per heavy atom. The number of thiophene rings is 1. The molecule has 0 aliphatic heterocycles. The molecule has 0 saturated carbocycles. The molecular weight excluding hydrogens is 575 g/mol. The first-order chi connectivity index (χ1) is 22.8. The SMILES string of the molecule is c1ccc2c(c1)-c1cccc3c(-c4ccc(-n5c6ccccc6c6cc7cc8sc9ccccc9c8cc7cc65)cc4)ccc-2c13. The lowest BCUT2D eigenvalue weighted by atomic mass is 9.94. The van der Waals surface area contributed by atoms with Crippen LogP contribution in [-0.2, 0) is 0 Å². The lowest BCUT2D eigenvalue weighted by Crippen LogP contribution is -1.94. The van der Waals surface area contributed by atoms with Gasteiger partial charge in [-0.1, -0.05) is 103 Å². The van der Waals surface area contributed by atoms with Crippen LogP contribution < -0.4 is 0 Å². The van der Waals surface area contributed by atoms with E-state index in [-0.39, 0.29) is 0 Å². The van der Waals surface area contributed by atoms with Gasteiger partial charge in [0, 0.05) is 36.6 Å². The molecule has 1 aliphatic carbocycles. The molecule has 46 heavy (non-hydrogen) atoms. The van der Waals surface area contributed by atoms with E-state index in [0.717, 1.165) is 0 Å². The average molecular weight is 600 g/mol. The van der Waals surface area contributed by atoms with Crippen LogP contribution in [0.2, 0.25) is 0 Å². The molecule has 0 fully saturated rings. The van der Waals surface area contributed by atoms with Gasteiger partial charge in [-0.3, -0.25) is 0 Å². The highest BCUT2D eigenvalue weighted by Crippen LogP contribution is 2.49. The van der Waals surface area contributed by atoms with E-state index in [0.29, 0.717) is 0 Å². The van der Waals surface area contributed by atoms with Crippen molar-refractivity contribution in [1.82, 2.24) is 4.57 Å². The summed E-state index contributed by atoms with van der Waals surface area (Å²) in [6.45, 7) is 0. The van der Waals surface area contributed by atoms with Gasteiger partial charge in [0.1, 0.15) is 0 Å². The molecular formula is C44H25NS. The predicted octanol–water partition coefficient (Wildman–Crippen LogP) is 12.8. The number of benzene rings is 8. The molecule has 0 spiro atoms. The van der Waals surface area contributed by atoms with E-state index in [1.807, 2.05) is 11.3 Å². The number of hydrogen-bond acceptors (Lipinski definition) is 1. The van der Waals surface area contributed by atoms with E-state index in [4.69, 9.17) is 0 Å². The van der Waals surface area contributed by atoms with E-state index >= 15 is 0 Å². The average Bonchev–Trinajstić information content (AvgIpc) is 3.75. The minimum absolute atomic E-state index is 1.18. The summed E-state index contributed by atoms with van der Waals surface area (Å²) in [6, 6.07) is 56.5. The van der Waals surface area contributed by atoms with Crippen molar-refractivity contribution in [2.45, 2.75) is 0 Å². The number of aromatic nitrogens is 1. The molecule has 2 heteroatoms. The molecule has 0 radical (unpaired) electrons. The van der Waals surface area contributed by atoms with Crippen LogP contribution in [0.3, 0.4) is 0 Å². The van der Waals surface area contributed by atoms with Gasteiger partial charge in [0.15, 0.2) is 0 Å². The molecule has 1 aliphatic rings. The van der Waals surface area contributed by atoms with Gasteiger partial charge in [-0.15, -0.1) is 11.3 Å². The van der Waals surface area contributed by atoms with Crippen molar-refractivity contribution in [2.75, 3.05) is 0 Å². The van der Waals surface area contributed by atoms with Crippen molar-refractivity contribution >= 4 is 74.9 Å². The molecule has 2 aromatic heterocycles. The van der Waals surface area contributed by atoms with E-state index in [2.05, 4.69) is 156 Å². The lowest BCUT2D eigenvalue weighted by Gasteiger charge is -2.12. The third kappa shape index (κ3) is 3.24. The minimum atomic E-state index is 1.18.